The Balaban J connectivity index is 2.00. The number of nitrogens with one attached hydrogen (secondary N) is 1. The lowest BCUT2D eigenvalue weighted by Crippen LogP contribution is -2.21. The van der Waals surface area contributed by atoms with Gasteiger partial charge in [-0.15, -0.1) is 0 Å². The van der Waals surface area contributed by atoms with Gasteiger partial charge in [-0.25, -0.2) is 0 Å². The number of hydrogen-bond donors (Lipinski definition) is 2. The molecule has 0 saturated heterocycles. The number of hydrogen-bond acceptors (Lipinski definition) is 2. The van der Waals surface area contributed by atoms with Crippen molar-refractivity contribution in [3.8, 4) is 0 Å². The highest BCUT2D eigenvalue weighted by atomic mass is 35.5. The Morgan fingerprint density at radius 1 is 1.32 bits per heavy atom. The summed E-state index contributed by atoms with van der Waals surface area (Å²) in [6, 6.07) is 5.42. The fraction of sp³-hybridized carbons (Fsp3) is 0.429. The van der Waals surface area contributed by atoms with Gasteiger partial charge < -0.3 is 10.4 Å². The van der Waals surface area contributed by atoms with E-state index >= 15 is 0 Å². The Morgan fingerprint density at radius 3 is 2.58 bits per heavy atom. The third kappa shape index (κ3) is 3.26. The Morgan fingerprint density at radius 2 is 2.00 bits per heavy atom. The average molecular weight is 282 g/mol. The van der Waals surface area contributed by atoms with Crippen LogP contribution in [0.1, 0.15) is 24.8 Å². The van der Waals surface area contributed by atoms with Crippen LogP contribution in [-0.2, 0) is 9.59 Å². The molecule has 4 nitrogen and oxygen atoms in total. The summed E-state index contributed by atoms with van der Waals surface area (Å²) in [5.41, 5.74) is 1.60. The molecule has 0 unspecified atom stereocenters. The molecule has 2 rings (SSSR count). The summed E-state index contributed by atoms with van der Waals surface area (Å²) in [6.07, 6.45) is 1.59. The maximum atomic E-state index is 12.1. The summed E-state index contributed by atoms with van der Waals surface area (Å²) in [6.45, 7) is 1.92. The van der Waals surface area contributed by atoms with E-state index in [1.54, 1.807) is 12.1 Å². The number of carbonyl (C=O) groups excluding carboxylic acids is 1. The van der Waals surface area contributed by atoms with Crippen LogP contribution in [0.15, 0.2) is 18.2 Å². The molecule has 1 aromatic rings. The first kappa shape index (κ1) is 13.9. The van der Waals surface area contributed by atoms with Crippen LogP contribution in [0.25, 0.3) is 0 Å². The Bertz CT molecular complexity index is 515. The largest absolute Gasteiger partial charge is 0.481 e. The van der Waals surface area contributed by atoms with Gasteiger partial charge in [0, 0.05) is 5.92 Å². The van der Waals surface area contributed by atoms with E-state index in [9.17, 15) is 9.59 Å². The number of anilines is 1. The second-order valence-corrected chi connectivity index (χ2v) is 5.42. The van der Waals surface area contributed by atoms with Crippen LogP contribution in [0.5, 0.6) is 0 Å². The standard InChI is InChI=1S/C14H16ClNO3/c1-8-2-5-12(11(15)6-8)16-13(17)9-3-4-10(7-9)14(18)19/h2,5-6,9-10H,3-4,7H2,1H3,(H,16,17)(H,18,19)/t9-,10+/m1/s1. The van der Waals surface area contributed by atoms with Crippen LogP contribution in [0, 0.1) is 18.8 Å². The molecule has 1 aromatic carbocycles. The number of rotatable bonds is 3. The van der Waals surface area contributed by atoms with Crippen molar-refractivity contribution in [1.82, 2.24) is 0 Å². The first-order valence-corrected chi connectivity index (χ1v) is 6.65. The molecule has 5 heteroatoms. The minimum absolute atomic E-state index is 0.144. The number of benzene rings is 1. The third-order valence-corrected chi connectivity index (χ3v) is 3.85. The summed E-state index contributed by atoms with van der Waals surface area (Å²) in [7, 11) is 0. The second-order valence-electron chi connectivity index (χ2n) is 5.02. The molecule has 1 fully saturated rings. The van der Waals surface area contributed by atoms with Crippen molar-refractivity contribution < 1.29 is 14.7 Å². The zero-order valence-electron chi connectivity index (χ0n) is 10.6. The predicted molar refractivity (Wildman–Crippen MR) is 73.3 cm³/mol. The van der Waals surface area contributed by atoms with Crippen molar-refractivity contribution in [1.29, 1.82) is 0 Å². The summed E-state index contributed by atoms with van der Waals surface area (Å²) in [4.78, 5) is 22.9. The van der Waals surface area contributed by atoms with E-state index in [-0.39, 0.29) is 11.8 Å². The van der Waals surface area contributed by atoms with Crippen LogP contribution < -0.4 is 5.32 Å². The fourth-order valence-electron chi connectivity index (χ4n) is 2.40. The maximum absolute atomic E-state index is 12.1. The normalized spacial score (nSPS) is 22.2. The van der Waals surface area contributed by atoms with Gasteiger partial charge in [0.05, 0.1) is 16.6 Å². The predicted octanol–water partition coefficient (Wildman–Crippen LogP) is 3.09. The van der Waals surface area contributed by atoms with E-state index in [2.05, 4.69) is 5.32 Å². The van der Waals surface area contributed by atoms with Gasteiger partial charge in [-0.05, 0) is 43.9 Å². The molecule has 1 amide bonds. The Hall–Kier alpha value is -1.55. The maximum Gasteiger partial charge on any atom is 0.306 e. The smallest absolute Gasteiger partial charge is 0.306 e. The molecule has 0 spiro atoms. The zero-order valence-corrected chi connectivity index (χ0v) is 11.4. The minimum atomic E-state index is -0.816. The molecule has 0 radical (unpaired) electrons. The molecular weight excluding hydrogens is 266 g/mol. The lowest BCUT2D eigenvalue weighted by Gasteiger charge is -2.12. The molecule has 0 aliphatic heterocycles. The van der Waals surface area contributed by atoms with Gasteiger partial charge in [0.15, 0.2) is 0 Å². The number of halogens is 1. The van der Waals surface area contributed by atoms with Crippen molar-refractivity contribution in [2.24, 2.45) is 11.8 Å². The van der Waals surface area contributed by atoms with E-state index in [4.69, 9.17) is 16.7 Å². The lowest BCUT2D eigenvalue weighted by molar-refractivity contribution is -0.141. The average Bonchev–Trinajstić information content (AvgIpc) is 2.82. The highest BCUT2D eigenvalue weighted by Crippen LogP contribution is 2.32. The molecule has 2 N–H and O–H groups in total. The SMILES string of the molecule is Cc1ccc(NC(=O)[C@@H]2CC[C@H](C(=O)O)C2)c(Cl)c1. The van der Waals surface area contributed by atoms with Crippen LogP contribution >= 0.6 is 11.6 Å². The van der Waals surface area contributed by atoms with Crippen LogP contribution in [0.2, 0.25) is 5.02 Å². The van der Waals surface area contributed by atoms with Crippen LogP contribution in [0.4, 0.5) is 5.69 Å². The Labute approximate surface area is 116 Å². The molecule has 102 valence electrons. The van der Waals surface area contributed by atoms with E-state index in [0.29, 0.717) is 30.0 Å². The molecule has 0 bridgehead atoms. The monoisotopic (exact) mass is 281 g/mol. The summed E-state index contributed by atoms with van der Waals surface area (Å²) >= 11 is 6.05. The highest BCUT2D eigenvalue weighted by molar-refractivity contribution is 6.33. The molecule has 1 saturated carbocycles. The minimum Gasteiger partial charge on any atom is -0.481 e. The van der Waals surface area contributed by atoms with Gasteiger partial charge in [0.1, 0.15) is 0 Å². The van der Waals surface area contributed by atoms with Gasteiger partial charge in [0.2, 0.25) is 5.91 Å². The molecular formula is C14H16ClNO3. The van der Waals surface area contributed by atoms with Crippen molar-refractivity contribution in [3.05, 3.63) is 28.8 Å². The summed E-state index contributed by atoms with van der Waals surface area (Å²) in [5, 5.41) is 12.2. The quantitative estimate of drug-likeness (QED) is 0.895. The van der Waals surface area contributed by atoms with Gasteiger partial charge in [-0.1, -0.05) is 17.7 Å². The van der Waals surface area contributed by atoms with Crippen LogP contribution in [-0.4, -0.2) is 17.0 Å². The van der Waals surface area contributed by atoms with E-state index in [0.717, 1.165) is 5.56 Å². The van der Waals surface area contributed by atoms with Crippen molar-refractivity contribution in [3.63, 3.8) is 0 Å². The van der Waals surface area contributed by atoms with Gasteiger partial charge in [-0.2, -0.15) is 0 Å². The van der Waals surface area contributed by atoms with Crippen LogP contribution in [0.3, 0.4) is 0 Å². The van der Waals surface area contributed by atoms with Crippen molar-refractivity contribution >= 4 is 29.2 Å². The molecule has 19 heavy (non-hydrogen) atoms. The van der Waals surface area contributed by atoms with Gasteiger partial charge >= 0.3 is 5.97 Å². The first-order valence-electron chi connectivity index (χ1n) is 6.27. The number of carboxylic acid groups (broad SMARTS) is 1. The van der Waals surface area contributed by atoms with E-state index < -0.39 is 11.9 Å². The number of carbonyl (C=O) groups is 2. The van der Waals surface area contributed by atoms with E-state index in [1.165, 1.54) is 0 Å². The lowest BCUT2D eigenvalue weighted by atomic mass is 10.0. The van der Waals surface area contributed by atoms with E-state index in [1.807, 2.05) is 13.0 Å². The molecule has 0 heterocycles. The summed E-state index contributed by atoms with van der Waals surface area (Å²) < 4.78 is 0. The first-order chi connectivity index (χ1) is 8.97. The Kier molecular flexibility index (Phi) is 4.10. The second kappa shape index (κ2) is 5.61. The third-order valence-electron chi connectivity index (χ3n) is 3.54. The number of aryl methyl sites for hydroxylation is 1. The topological polar surface area (TPSA) is 66.4 Å². The number of amides is 1. The fourth-order valence-corrected chi connectivity index (χ4v) is 2.68. The summed E-state index contributed by atoms with van der Waals surface area (Å²) in [5.74, 6) is -1.60. The molecule has 2 atom stereocenters. The number of carboxylic acids is 1. The van der Waals surface area contributed by atoms with Gasteiger partial charge in [-0.3, -0.25) is 9.59 Å². The molecule has 1 aliphatic rings. The number of aliphatic carboxylic acids is 1. The van der Waals surface area contributed by atoms with Crippen molar-refractivity contribution in [2.45, 2.75) is 26.2 Å². The van der Waals surface area contributed by atoms with Gasteiger partial charge in [0.25, 0.3) is 0 Å². The highest BCUT2D eigenvalue weighted by Gasteiger charge is 2.33. The van der Waals surface area contributed by atoms with Crippen molar-refractivity contribution in [2.75, 3.05) is 5.32 Å². The zero-order chi connectivity index (χ0) is 14.0. The molecule has 0 aromatic heterocycles. The molecule has 1 aliphatic carbocycles.